The summed E-state index contributed by atoms with van der Waals surface area (Å²) in [6.45, 7) is 4.90. The van der Waals surface area contributed by atoms with Gasteiger partial charge in [-0.25, -0.2) is 8.42 Å². The maximum atomic E-state index is 13.5. The molecule has 1 N–H and O–H groups in total. The van der Waals surface area contributed by atoms with E-state index in [1.165, 1.54) is 4.90 Å². The van der Waals surface area contributed by atoms with Crippen LogP contribution in [0.25, 0.3) is 0 Å². The quantitative estimate of drug-likeness (QED) is 0.692. The Hall–Kier alpha value is -1.64. The molecule has 1 heterocycles. The van der Waals surface area contributed by atoms with Crippen LogP contribution in [-0.4, -0.2) is 55.0 Å². The summed E-state index contributed by atoms with van der Waals surface area (Å²) >= 11 is 6.31. The number of piperazine rings is 1. The van der Waals surface area contributed by atoms with E-state index in [9.17, 15) is 18.0 Å². The van der Waals surface area contributed by atoms with Gasteiger partial charge in [0.1, 0.15) is 5.54 Å². The van der Waals surface area contributed by atoms with Crippen LogP contribution in [0.2, 0.25) is 5.02 Å². The minimum atomic E-state index is -3.64. The first kappa shape index (κ1) is 24.0. The molecule has 0 aromatic heterocycles. The zero-order valence-electron chi connectivity index (χ0n) is 18.5. The maximum absolute atomic E-state index is 13.5. The molecule has 1 saturated carbocycles. The Morgan fingerprint density at radius 1 is 1.26 bits per heavy atom. The molecule has 1 aromatic rings. The van der Waals surface area contributed by atoms with Crippen LogP contribution in [0.3, 0.4) is 0 Å². The number of nitrogens with one attached hydrogen (secondary N) is 1. The SMILES string of the molecule is CCCS(=O)(=O)N1CC(=O)N(c2ccc(C)c(Cl)c2)[C@](C)(C(=O)NC2CCCCC2)C1. The highest BCUT2D eigenvalue weighted by molar-refractivity contribution is 7.89. The number of hydrogen-bond donors (Lipinski definition) is 1. The molecular weight excluding hydrogens is 438 g/mol. The van der Waals surface area contributed by atoms with Gasteiger partial charge in [-0.05, 0) is 50.8 Å². The molecule has 0 spiro atoms. The van der Waals surface area contributed by atoms with Crippen molar-refractivity contribution in [2.75, 3.05) is 23.7 Å². The van der Waals surface area contributed by atoms with E-state index < -0.39 is 21.5 Å². The predicted octanol–water partition coefficient (Wildman–Crippen LogP) is 3.24. The van der Waals surface area contributed by atoms with Crippen LogP contribution >= 0.6 is 11.6 Å². The molecule has 0 radical (unpaired) electrons. The van der Waals surface area contributed by atoms with Crippen LogP contribution in [-0.2, 0) is 19.6 Å². The first-order chi connectivity index (χ1) is 14.6. The van der Waals surface area contributed by atoms with Crippen molar-refractivity contribution >= 4 is 39.1 Å². The lowest BCUT2D eigenvalue weighted by atomic mass is 9.91. The molecular formula is C22H32ClN3O4S. The van der Waals surface area contributed by atoms with E-state index in [1.54, 1.807) is 32.0 Å². The Kier molecular flexibility index (Phi) is 7.33. The van der Waals surface area contributed by atoms with Gasteiger partial charge in [0, 0.05) is 23.3 Å². The molecule has 1 atom stereocenters. The van der Waals surface area contributed by atoms with E-state index in [-0.39, 0.29) is 30.8 Å². The van der Waals surface area contributed by atoms with Gasteiger partial charge in [0.2, 0.25) is 21.8 Å². The number of sulfonamides is 1. The van der Waals surface area contributed by atoms with Crippen LogP contribution in [0.15, 0.2) is 18.2 Å². The molecule has 1 saturated heterocycles. The van der Waals surface area contributed by atoms with E-state index in [4.69, 9.17) is 11.6 Å². The molecule has 0 bridgehead atoms. The van der Waals surface area contributed by atoms with E-state index in [1.807, 2.05) is 6.92 Å². The Morgan fingerprint density at radius 2 is 1.94 bits per heavy atom. The molecule has 0 unspecified atom stereocenters. The number of rotatable bonds is 6. The minimum absolute atomic E-state index is 0.0410. The number of carbonyl (C=O) groups excluding carboxylic acids is 2. The number of hydrogen-bond acceptors (Lipinski definition) is 4. The lowest BCUT2D eigenvalue weighted by Gasteiger charge is -2.47. The van der Waals surface area contributed by atoms with Gasteiger partial charge in [0.25, 0.3) is 0 Å². The van der Waals surface area contributed by atoms with Crippen molar-refractivity contribution in [3.63, 3.8) is 0 Å². The van der Waals surface area contributed by atoms with Gasteiger partial charge in [0.15, 0.2) is 0 Å². The summed E-state index contributed by atoms with van der Waals surface area (Å²) < 4.78 is 26.7. The smallest absolute Gasteiger partial charge is 0.247 e. The van der Waals surface area contributed by atoms with Crippen LogP contribution < -0.4 is 10.2 Å². The lowest BCUT2D eigenvalue weighted by Crippen LogP contribution is -2.71. The summed E-state index contributed by atoms with van der Waals surface area (Å²) in [7, 11) is -3.64. The maximum Gasteiger partial charge on any atom is 0.247 e. The summed E-state index contributed by atoms with van der Waals surface area (Å²) in [5.74, 6) is -0.829. The summed E-state index contributed by atoms with van der Waals surface area (Å²) in [6, 6.07) is 5.25. The molecule has 1 aromatic carbocycles. The first-order valence-corrected chi connectivity index (χ1v) is 12.9. The molecule has 3 rings (SSSR count). The van der Waals surface area contributed by atoms with Gasteiger partial charge in [-0.3, -0.25) is 14.5 Å². The van der Waals surface area contributed by atoms with Crippen molar-refractivity contribution in [1.82, 2.24) is 9.62 Å². The monoisotopic (exact) mass is 469 g/mol. The van der Waals surface area contributed by atoms with E-state index >= 15 is 0 Å². The third-order valence-electron chi connectivity index (χ3n) is 6.24. The number of aryl methyl sites for hydroxylation is 1. The Balaban J connectivity index is 1.99. The molecule has 7 nitrogen and oxygen atoms in total. The highest BCUT2D eigenvalue weighted by Crippen LogP contribution is 2.33. The third-order valence-corrected chi connectivity index (χ3v) is 8.61. The highest BCUT2D eigenvalue weighted by atomic mass is 35.5. The molecule has 172 valence electrons. The Morgan fingerprint density at radius 3 is 2.55 bits per heavy atom. The van der Waals surface area contributed by atoms with Gasteiger partial charge in [-0.15, -0.1) is 0 Å². The topological polar surface area (TPSA) is 86.8 Å². The largest absolute Gasteiger partial charge is 0.351 e. The number of anilines is 1. The second-order valence-corrected chi connectivity index (χ2v) is 11.3. The molecule has 2 fully saturated rings. The fourth-order valence-corrected chi connectivity index (χ4v) is 6.17. The predicted molar refractivity (Wildman–Crippen MR) is 123 cm³/mol. The molecule has 31 heavy (non-hydrogen) atoms. The van der Waals surface area contributed by atoms with Crippen molar-refractivity contribution < 1.29 is 18.0 Å². The number of amides is 2. The Bertz CT molecular complexity index is 946. The molecule has 2 aliphatic rings. The van der Waals surface area contributed by atoms with Crippen molar-refractivity contribution in [3.05, 3.63) is 28.8 Å². The van der Waals surface area contributed by atoms with Crippen LogP contribution in [0.5, 0.6) is 0 Å². The fourth-order valence-electron chi connectivity index (χ4n) is 4.46. The number of nitrogens with zero attached hydrogens (tertiary/aromatic N) is 2. The van der Waals surface area contributed by atoms with Crippen molar-refractivity contribution in [2.24, 2.45) is 0 Å². The summed E-state index contributed by atoms with van der Waals surface area (Å²) in [5.41, 5.74) is -0.0311. The van der Waals surface area contributed by atoms with Crippen molar-refractivity contribution in [3.8, 4) is 0 Å². The Labute approximate surface area is 190 Å². The zero-order valence-corrected chi connectivity index (χ0v) is 20.1. The van der Waals surface area contributed by atoms with E-state index in [0.717, 1.165) is 42.0 Å². The molecule has 9 heteroatoms. The highest BCUT2D eigenvalue weighted by Gasteiger charge is 2.51. The van der Waals surface area contributed by atoms with Crippen molar-refractivity contribution in [2.45, 2.75) is 70.9 Å². The summed E-state index contributed by atoms with van der Waals surface area (Å²) in [5, 5.41) is 3.58. The average Bonchev–Trinajstić information content (AvgIpc) is 2.71. The van der Waals surface area contributed by atoms with Crippen LogP contribution in [0, 0.1) is 6.92 Å². The summed E-state index contributed by atoms with van der Waals surface area (Å²) in [4.78, 5) is 28.2. The van der Waals surface area contributed by atoms with Gasteiger partial charge in [-0.1, -0.05) is 43.9 Å². The molecule has 1 aliphatic carbocycles. The second kappa shape index (κ2) is 9.46. The number of halogens is 1. The molecule has 1 aliphatic heterocycles. The molecule has 2 amide bonds. The zero-order chi connectivity index (χ0) is 22.8. The fraction of sp³-hybridized carbons (Fsp3) is 0.636. The third kappa shape index (κ3) is 5.07. The van der Waals surface area contributed by atoms with Crippen molar-refractivity contribution in [1.29, 1.82) is 0 Å². The average molecular weight is 470 g/mol. The second-order valence-electron chi connectivity index (χ2n) is 8.83. The van der Waals surface area contributed by atoms with Gasteiger partial charge in [-0.2, -0.15) is 4.31 Å². The van der Waals surface area contributed by atoms with Gasteiger partial charge < -0.3 is 5.32 Å². The first-order valence-electron chi connectivity index (χ1n) is 11.0. The lowest BCUT2D eigenvalue weighted by molar-refractivity contribution is -0.133. The number of carbonyl (C=O) groups is 2. The number of benzene rings is 1. The normalized spacial score (nSPS) is 23.7. The minimum Gasteiger partial charge on any atom is -0.351 e. The van der Waals surface area contributed by atoms with Crippen LogP contribution in [0.1, 0.15) is 57.9 Å². The van der Waals surface area contributed by atoms with E-state index in [2.05, 4.69) is 5.32 Å². The standard InChI is InChI=1S/C22H32ClN3O4S/c1-4-12-31(29,30)25-14-20(27)26(18-11-10-16(2)19(23)13-18)22(3,15-25)21(28)24-17-8-6-5-7-9-17/h10-11,13,17H,4-9,12,14-15H2,1-3H3,(H,24,28)/t22-/m0/s1. The van der Waals surface area contributed by atoms with E-state index in [0.29, 0.717) is 17.1 Å². The van der Waals surface area contributed by atoms with Crippen LogP contribution in [0.4, 0.5) is 5.69 Å². The summed E-state index contributed by atoms with van der Waals surface area (Å²) in [6.07, 6.45) is 5.48. The van der Waals surface area contributed by atoms with Gasteiger partial charge >= 0.3 is 0 Å². The van der Waals surface area contributed by atoms with Gasteiger partial charge in [0.05, 0.1) is 12.3 Å².